The molecule has 0 radical (unpaired) electrons. The third kappa shape index (κ3) is 4.52. The molecule has 3 N–H and O–H groups in total. The highest BCUT2D eigenvalue weighted by Crippen LogP contribution is 2.50. The number of piperidine rings is 1. The van der Waals surface area contributed by atoms with Crippen LogP contribution in [0.5, 0.6) is 5.75 Å². The number of ether oxygens (including phenoxy) is 1. The first-order valence-corrected chi connectivity index (χ1v) is 14.4. The predicted molar refractivity (Wildman–Crippen MR) is 143 cm³/mol. The molecule has 2 aliphatic heterocycles. The summed E-state index contributed by atoms with van der Waals surface area (Å²) < 4.78 is 47.7. The largest absolute Gasteiger partial charge is 0.497 e. The average Bonchev–Trinajstić information content (AvgIpc) is 3.30. The normalized spacial score (nSPS) is 19.5. The number of halogens is 1. The van der Waals surface area contributed by atoms with Gasteiger partial charge in [0.15, 0.2) is 0 Å². The van der Waals surface area contributed by atoms with E-state index in [0.29, 0.717) is 43.8 Å². The van der Waals surface area contributed by atoms with Gasteiger partial charge in [-0.05, 0) is 49.1 Å². The van der Waals surface area contributed by atoms with Crippen LogP contribution in [-0.4, -0.2) is 72.8 Å². The number of para-hydroxylation sites is 1. The number of rotatable bonds is 6. The molecule has 1 spiro atoms. The zero-order valence-electron chi connectivity index (χ0n) is 21.5. The van der Waals surface area contributed by atoms with Crippen molar-refractivity contribution in [2.45, 2.75) is 37.6 Å². The number of carbonyl (C=O) groups is 1. The van der Waals surface area contributed by atoms with E-state index in [1.54, 1.807) is 24.1 Å². The van der Waals surface area contributed by atoms with Gasteiger partial charge in [0.25, 0.3) is 0 Å². The van der Waals surface area contributed by atoms with Crippen molar-refractivity contribution < 1.29 is 27.4 Å². The fraction of sp³-hybridized carbons (Fsp3) is 0.444. The zero-order chi connectivity index (χ0) is 27.1. The number of anilines is 1. The topological polar surface area (TPSA) is 115 Å². The van der Waals surface area contributed by atoms with Crippen LogP contribution in [0, 0.1) is 5.82 Å². The molecule has 3 heterocycles. The van der Waals surface area contributed by atoms with E-state index < -0.39 is 33.3 Å². The first-order valence-electron chi connectivity index (χ1n) is 12.8. The van der Waals surface area contributed by atoms with Gasteiger partial charge in [-0.1, -0.05) is 19.1 Å². The second-order valence-corrected chi connectivity index (χ2v) is 12.1. The molecular formula is C27H33FN4O5S. The standard InChI is InChI=1S/C27H33FN4O5S/c1-3-14-38(35,36)32-17-27(10-12-31(13-11-27)26(34)30-21-7-5-4-6-20(21)28)24-19-9-8-18(37-2)15-22(19)29-25(24)23(32)16-33/h4-9,15,23,29,33H,3,10-14,16-17H2,1-2H3,(H,30,34)/t23-/m0/s1. The Morgan fingerprint density at radius 1 is 1.24 bits per heavy atom. The van der Waals surface area contributed by atoms with Crippen LogP contribution < -0.4 is 10.1 Å². The van der Waals surface area contributed by atoms with Crippen molar-refractivity contribution in [3.8, 4) is 5.75 Å². The van der Waals surface area contributed by atoms with E-state index in [4.69, 9.17) is 4.74 Å². The zero-order valence-corrected chi connectivity index (χ0v) is 22.4. The molecule has 0 aliphatic carbocycles. The molecule has 1 atom stereocenters. The number of likely N-dealkylation sites (tertiary alicyclic amines) is 1. The van der Waals surface area contributed by atoms with Gasteiger partial charge in [-0.2, -0.15) is 4.31 Å². The lowest BCUT2D eigenvalue weighted by molar-refractivity contribution is 0.107. The predicted octanol–water partition coefficient (Wildman–Crippen LogP) is 3.97. The van der Waals surface area contributed by atoms with Crippen LogP contribution in [0.15, 0.2) is 42.5 Å². The lowest BCUT2D eigenvalue weighted by Gasteiger charge is -2.49. The van der Waals surface area contributed by atoms with E-state index in [1.165, 1.54) is 16.4 Å². The van der Waals surface area contributed by atoms with Crippen molar-refractivity contribution in [3.05, 3.63) is 59.5 Å². The van der Waals surface area contributed by atoms with Crippen molar-refractivity contribution in [3.63, 3.8) is 0 Å². The van der Waals surface area contributed by atoms with Crippen LogP contribution in [-0.2, 0) is 15.4 Å². The van der Waals surface area contributed by atoms with Crippen molar-refractivity contribution >= 4 is 32.6 Å². The molecule has 204 valence electrons. The van der Waals surface area contributed by atoms with Gasteiger partial charge >= 0.3 is 6.03 Å². The number of carbonyl (C=O) groups excluding carboxylic acids is 1. The molecule has 0 unspecified atom stereocenters. The molecular weight excluding hydrogens is 511 g/mol. The third-order valence-electron chi connectivity index (χ3n) is 7.82. The molecule has 0 bridgehead atoms. The molecule has 9 nitrogen and oxygen atoms in total. The first-order chi connectivity index (χ1) is 18.2. The van der Waals surface area contributed by atoms with Crippen molar-refractivity contribution in [2.75, 3.05) is 44.4 Å². The fourth-order valence-electron chi connectivity index (χ4n) is 5.93. The van der Waals surface area contributed by atoms with Crippen LogP contribution >= 0.6 is 0 Å². The van der Waals surface area contributed by atoms with Gasteiger partial charge in [-0.25, -0.2) is 17.6 Å². The number of sulfonamides is 1. The lowest BCUT2D eigenvalue weighted by atomic mass is 9.69. The Morgan fingerprint density at radius 3 is 2.63 bits per heavy atom. The molecule has 3 aromatic rings. The summed E-state index contributed by atoms with van der Waals surface area (Å²) >= 11 is 0. The maximum Gasteiger partial charge on any atom is 0.321 e. The van der Waals surface area contributed by atoms with Gasteiger partial charge in [0.2, 0.25) is 10.0 Å². The van der Waals surface area contributed by atoms with Crippen molar-refractivity contribution in [1.29, 1.82) is 0 Å². The monoisotopic (exact) mass is 544 g/mol. The molecule has 2 aliphatic rings. The van der Waals surface area contributed by atoms with Gasteiger partial charge in [-0.3, -0.25) is 0 Å². The number of hydrogen-bond acceptors (Lipinski definition) is 5. The molecule has 11 heteroatoms. The minimum Gasteiger partial charge on any atom is -0.497 e. The van der Waals surface area contributed by atoms with Gasteiger partial charge in [-0.15, -0.1) is 0 Å². The highest BCUT2D eigenvalue weighted by molar-refractivity contribution is 7.89. The number of fused-ring (bicyclic) bond motifs is 4. The summed E-state index contributed by atoms with van der Waals surface area (Å²) in [4.78, 5) is 18.0. The quantitative estimate of drug-likeness (QED) is 0.435. The van der Waals surface area contributed by atoms with Crippen LogP contribution in [0.2, 0.25) is 0 Å². The van der Waals surface area contributed by atoms with E-state index >= 15 is 0 Å². The van der Waals surface area contributed by atoms with Gasteiger partial charge < -0.3 is 25.0 Å². The summed E-state index contributed by atoms with van der Waals surface area (Å²) in [6.45, 7) is 2.42. The minimum atomic E-state index is -3.64. The minimum absolute atomic E-state index is 0.0138. The number of benzene rings is 2. The summed E-state index contributed by atoms with van der Waals surface area (Å²) in [6.07, 6.45) is 1.49. The van der Waals surface area contributed by atoms with Gasteiger partial charge in [0.1, 0.15) is 11.6 Å². The number of aliphatic hydroxyl groups is 1. The summed E-state index contributed by atoms with van der Waals surface area (Å²) in [5.74, 6) is 0.147. The Bertz CT molecular complexity index is 1450. The number of aliphatic hydroxyl groups excluding tert-OH is 1. The lowest BCUT2D eigenvalue weighted by Crippen LogP contribution is -2.56. The number of methoxy groups -OCH3 is 1. The molecule has 2 amide bonds. The average molecular weight is 545 g/mol. The van der Waals surface area contributed by atoms with Gasteiger partial charge in [0, 0.05) is 47.7 Å². The molecule has 0 saturated carbocycles. The SMILES string of the molecule is CCCS(=O)(=O)N1CC2(CCN(C(=O)Nc3ccccc3F)CC2)c2c([nH]c3cc(OC)ccc23)[C@@H]1CO. The Labute approximate surface area is 221 Å². The molecule has 1 fully saturated rings. The Hall–Kier alpha value is -3.15. The number of nitrogens with one attached hydrogen (secondary N) is 2. The summed E-state index contributed by atoms with van der Waals surface area (Å²) in [5, 5.41) is 14.0. The fourth-order valence-corrected chi connectivity index (χ4v) is 7.68. The maximum atomic E-state index is 14.1. The first kappa shape index (κ1) is 26.5. The summed E-state index contributed by atoms with van der Waals surface area (Å²) in [5.41, 5.74) is 2.04. The molecule has 5 rings (SSSR count). The van der Waals surface area contributed by atoms with E-state index in [-0.39, 0.29) is 24.6 Å². The number of nitrogens with zero attached hydrogens (tertiary/aromatic N) is 2. The highest BCUT2D eigenvalue weighted by Gasteiger charge is 2.50. The third-order valence-corrected chi connectivity index (χ3v) is 9.84. The number of aromatic amines is 1. The molecule has 1 aromatic heterocycles. The van der Waals surface area contributed by atoms with Crippen LogP contribution in [0.4, 0.5) is 14.9 Å². The van der Waals surface area contributed by atoms with Crippen molar-refractivity contribution in [2.24, 2.45) is 0 Å². The number of H-pyrrole nitrogens is 1. The Kier molecular flexibility index (Phi) is 7.10. The smallest absolute Gasteiger partial charge is 0.321 e. The molecule has 1 saturated heterocycles. The molecule has 2 aromatic carbocycles. The number of urea groups is 1. The van der Waals surface area contributed by atoms with Gasteiger partial charge in [0.05, 0.1) is 31.2 Å². The number of amides is 2. The van der Waals surface area contributed by atoms with E-state index in [1.807, 2.05) is 25.1 Å². The molecule has 38 heavy (non-hydrogen) atoms. The number of hydrogen-bond donors (Lipinski definition) is 3. The van der Waals surface area contributed by atoms with Crippen LogP contribution in [0.3, 0.4) is 0 Å². The highest BCUT2D eigenvalue weighted by atomic mass is 32.2. The van der Waals surface area contributed by atoms with Crippen LogP contribution in [0.25, 0.3) is 10.9 Å². The van der Waals surface area contributed by atoms with Crippen LogP contribution in [0.1, 0.15) is 43.5 Å². The number of aromatic nitrogens is 1. The Balaban J connectivity index is 1.52. The van der Waals surface area contributed by atoms with Crippen molar-refractivity contribution in [1.82, 2.24) is 14.2 Å². The van der Waals surface area contributed by atoms with E-state index in [9.17, 15) is 22.7 Å². The second-order valence-electron chi connectivity index (χ2n) is 10.1. The maximum absolute atomic E-state index is 14.1. The second kappa shape index (κ2) is 10.2. The van der Waals surface area contributed by atoms with E-state index in [0.717, 1.165) is 16.5 Å². The summed E-state index contributed by atoms with van der Waals surface area (Å²) in [7, 11) is -2.06. The summed E-state index contributed by atoms with van der Waals surface area (Å²) in [6, 6.07) is 10.6. The Morgan fingerprint density at radius 2 is 1.97 bits per heavy atom. The van der Waals surface area contributed by atoms with E-state index in [2.05, 4.69) is 10.3 Å².